The molecule has 0 saturated carbocycles. The number of amides is 2. The molecule has 2 aliphatic rings. The van der Waals surface area contributed by atoms with Crippen molar-refractivity contribution in [3.05, 3.63) is 47.4 Å². The molecule has 1 fully saturated rings. The molecule has 2 aliphatic heterocycles. The molecule has 0 aromatic heterocycles. The normalized spacial score (nSPS) is 21.7. The van der Waals surface area contributed by atoms with Gasteiger partial charge in [-0.2, -0.15) is 0 Å². The van der Waals surface area contributed by atoms with Crippen LogP contribution in [-0.4, -0.2) is 55.4 Å². The van der Waals surface area contributed by atoms with Gasteiger partial charge in [0.2, 0.25) is 9.70 Å². The SMILES string of the molecule is O=C(Cc1ccccc1)NC1C(=O)N2C(C(=O)OCC(Cl)(Cl)Cl)=C(O)CS[C@@H]12. The predicted molar refractivity (Wildman–Crippen MR) is 106 cm³/mol. The number of carbonyl (C=O) groups excluding carboxylic acids is 3. The van der Waals surface area contributed by atoms with Crippen LogP contribution in [0.1, 0.15) is 5.56 Å². The van der Waals surface area contributed by atoms with E-state index in [9.17, 15) is 19.5 Å². The molecule has 11 heteroatoms. The zero-order valence-electron chi connectivity index (χ0n) is 14.2. The monoisotopic (exact) mass is 464 g/mol. The van der Waals surface area contributed by atoms with Gasteiger partial charge < -0.3 is 15.2 Å². The number of alkyl halides is 3. The van der Waals surface area contributed by atoms with Crippen LogP contribution < -0.4 is 5.32 Å². The first-order valence-corrected chi connectivity index (χ1v) is 10.3. The van der Waals surface area contributed by atoms with Crippen molar-refractivity contribution in [2.75, 3.05) is 12.4 Å². The summed E-state index contributed by atoms with van der Waals surface area (Å²) in [6.45, 7) is -0.537. The minimum absolute atomic E-state index is 0.0811. The first kappa shape index (κ1) is 21.1. The van der Waals surface area contributed by atoms with E-state index in [2.05, 4.69) is 5.32 Å². The van der Waals surface area contributed by atoms with Gasteiger partial charge in [-0.3, -0.25) is 14.5 Å². The van der Waals surface area contributed by atoms with E-state index in [1.165, 1.54) is 11.8 Å². The highest BCUT2D eigenvalue weighted by atomic mass is 35.6. The second-order valence-corrected chi connectivity index (χ2v) is 9.73. The number of benzene rings is 1. The van der Waals surface area contributed by atoms with E-state index in [-0.39, 0.29) is 29.5 Å². The fourth-order valence-corrected chi connectivity index (χ4v) is 4.18. The molecule has 1 aromatic rings. The van der Waals surface area contributed by atoms with E-state index in [1.807, 2.05) is 30.3 Å². The molecule has 2 atom stereocenters. The standard InChI is InChI=1S/C17H15Cl3N2O5S/c18-17(19,20)8-27-16(26)13-10(23)7-28-15-12(14(25)22(13)15)21-11(24)6-9-4-2-1-3-5-9/h1-5,12,15,23H,6-8H2,(H,21,24)/t12?,15-/m0/s1. The van der Waals surface area contributed by atoms with Crippen LogP contribution in [0.15, 0.2) is 41.8 Å². The van der Waals surface area contributed by atoms with Gasteiger partial charge in [-0.25, -0.2) is 4.79 Å². The fraction of sp³-hybridized carbons (Fsp3) is 0.353. The molecule has 3 rings (SSSR count). The zero-order valence-corrected chi connectivity index (χ0v) is 17.3. The summed E-state index contributed by atoms with van der Waals surface area (Å²) in [4.78, 5) is 38.1. The summed E-state index contributed by atoms with van der Waals surface area (Å²) >= 11 is 17.9. The molecule has 2 N–H and O–H groups in total. The average Bonchev–Trinajstić information content (AvgIpc) is 2.64. The third-order valence-electron chi connectivity index (χ3n) is 4.03. The van der Waals surface area contributed by atoms with E-state index in [4.69, 9.17) is 39.5 Å². The Morgan fingerprint density at radius 3 is 2.61 bits per heavy atom. The third-order valence-corrected chi connectivity index (χ3v) is 5.62. The number of hydrogen-bond donors (Lipinski definition) is 2. The second-order valence-electron chi connectivity index (χ2n) is 6.10. The van der Waals surface area contributed by atoms with Crippen LogP contribution in [0.25, 0.3) is 0 Å². The minimum Gasteiger partial charge on any atom is -0.509 e. The highest BCUT2D eigenvalue weighted by molar-refractivity contribution is 8.00. The summed E-state index contributed by atoms with van der Waals surface area (Å²) < 4.78 is 3.05. The number of rotatable bonds is 5. The molecule has 0 radical (unpaired) electrons. The molecule has 7 nitrogen and oxygen atoms in total. The lowest BCUT2D eigenvalue weighted by Crippen LogP contribution is -2.70. The molecule has 150 valence electrons. The lowest BCUT2D eigenvalue weighted by Gasteiger charge is -2.48. The van der Waals surface area contributed by atoms with Crippen LogP contribution in [0, 0.1) is 0 Å². The smallest absolute Gasteiger partial charge is 0.358 e. The summed E-state index contributed by atoms with van der Waals surface area (Å²) in [6, 6.07) is 8.30. The number of nitrogens with zero attached hydrogens (tertiary/aromatic N) is 1. The number of thioether (sulfide) groups is 1. The van der Waals surface area contributed by atoms with Gasteiger partial charge in [-0.05, 0) is 5.56 Å². The molecule has 2 heterocycles. The van der Waals surface area contributed by atoms with Crippen LogP contribution in [0.2, 0.25) is 0 Å². The number of aliphatic hydroxyl groups is 1. The van der Waals surface area contributed by atoms with Gasteiger partial charge in [0.25, 0.3) is 5.91 Å². The molecule has 2 amide bonds. The summed E-state index contributed by atoms with van der Waals surface area (Å²) in [5.74, 6) is -2.04. The lowest BCUT2D eigenvalue weighted by atomic mass is 10.0. The number of nitrogens with one attached hydrogen (secondary N) is 1. The Kier molecular flexibility index (Phi) is 6.34. The van der Waals surface area contributed by atoms with Crippen molar-refractivity contribution in [1.82, 2.24) is 10.2 Å². The second kappa shape index (κ2) is 8.41. The Morgan fingerprint density at radius 2 is 1.96 bits per heavy atom. The number of halogens is 3. The fourth-order valence-electron chi connectivity index (χ4n) is 2.81. The number of ether oxygens (including phenoxy) is 1. The quantitative estimate of drug-likeness (QED) is 0.394. The summed E-state index contributed by atoms with van der Waals surface area (Å²) in [5, 5.41) is 12.2. The van der Waals surface area contributed by atoms with Crippen molar-refractivity contribution in [2.24, 2.45) is 0 Å². The average molecular weight is 466 g/mol. The van der Waals surface area contributed by atoms with Crippen LogP contribution in [0.5, 0.6) is 0 Å². The third kappa shape index (κ3) is 4.68. The Hall–Kier alpha value is -1.61. The number of β-lactam (4-membered cyclic amide) rings is 1. The number of aliphatic hydroxyl groups excluding tert-OH is 1. The molecule has 1 saturated heterocycles. The van der Waals surface area contributed by atoms with E-state index >= 15 is 0 Å². The van der Waals surface area contributed by atoms with E-state index in [0.717, 1.165) is 10.5 Å². The van der Waals surface area contributed by atoms with Gasteiger partial charge in [0, 0.05) is 0 Å². The van der Waals surface area contributed by atoms with Crippen molar-refractivity contribution in [3.63, 3.8) is 0 Å². The molecule has 0 spiro atoms. The minimum atomic E-state index is -1.82. The first-order chi connectivity index (χ1) is 13.2. The van der Waals surface area contributed by atoms with Gasteiger partial charge >= 0.3 is 5.97 Å². The van der Waals surface area contributed by atoms with Crippen LogP contribution in [-0.2, 0) is 25.5 Å². The maximum atomic E-state index is 12.5. The maximum Gasteiger partial charge on any atom is 0.358 e. The van der Waals surface area contributed by atoms with Crippen molar-refractivity contribution >= 4 is 64.3 Å². The van der Waals surface area contributed by atoms with Crippen LogP contribution >= 0.6 is 46.6 Å². The molecule has 28 heavy (non-hydrogen) atoms. The molecule has 1 unspecified atom stereocenters. The van der Waals surface area contributed by atoms with Crippen molar-refractivity contribution in [1.29, 1.82) is 0 Å². The van der Waals surface area contributed by atoms with Gasteiger partial charge in [-0.1, -0.05) is 65.1 Å². The van der Waals surface area contributed by atoms with Gasteiger partial charge in [0.15, 0.2) is 5.70 Å². The number of esters is 1. The van der Waals surface area contributed by atoms with Crippen molar-refractivity contribution in [3.8, 4) is 0 Å². The molecular formula is C17H15Cl3N2O5S. The Labute approximate surface area is 179 Å². The maximum absolute atomic E-state index is 12.5. The summed E-state index contributed by atoms with van der Waals surface area (Å²) in [5.41, 5.74) is 0.519. The highest BCUT2D eigenvalue weighted by Crippen LogP contribution is 2.40. The lowest BCUT2D eigenvalue weighted by molar-refractivity contribution is -0.153. The van der Waals surface area contributed by atoms with Gasteiger partial charge in [-0.15, -0.1) is 11.8 Å². The number of hydrogen-bond acceptors (Lipinski definition) is 6. The van der Waals surface area contributed by atoms with E-state index in [1.54, 1.807) is 0 Å². The first-order valence-electron chi connectivity index (χ1n) is 8.11. The molecular weight excluding hydrogens is 451 g/mol. The molecule has 0 bridgehead atoms. The largest absolute Gasteiger partial charge is 0.509 e. The zero-order chi connectivity index (χ0) is 20.5. The topological polar surface area (TPSA) is 95.9 Å². The van der Waals surface area contributed by atoms with E-state index in [0.29, 0.717) is 0 Å². The summed E-state index contributed by atoms with van der Waals surface area (Å²) in [7, 11) is 0. The van der Waals surface area contributed by atoms with Gasteiger partial charge in [0.1, 0.15) is 23.8 Å². The molecule has 1 aromatic carbocycles. The van der Waals surface area contributed by atoms with Gasteiger partial charge in [0.05, 0.1) is 12.2 Å². The van der Waals surface area contributed by atoms with E-state index < -0.39 is 33.7 Å². The highest BCUT2D eigenvalue weighted by Gasteiger charge is 2.54. The van der Waals surface area contributed by atoms with Crippen molar-refractivity contribution in [2.45, 2.75) is 21.6 Å². The summed E-state index contributed by atoms with van der Waals surface area (Å²) in [6.07, 6.45) is 0.126. The van der Waals surface area contributed by atoms with Crippen molar-refractivity contribution < 1.29 is 24.2 Å². The Balaban J connectivity index is 1.64. The van der Waals surface area contributed by atoms with Crippen LogP contribution in [0.4, 0.5) is 0 Å². The number of fused-ring (bicyclic) bond motifs is 1. The Morgan fingerprint density at radius 1 is 1.29 bits per heavy atom. The molecule has 0 aliphatic carbocycles. The predicted octanol–water partition coefficient (Wildman–Crippen LogP) is 2.31. The number of carbonyl (C=O) groups is 3. The Bertz CT molecular complexity index is 828. The van der Waals surface area contributed by atoms with Crippen LogP contribution in [0.3, 0.4) is 0 Å².